The summed E-state index contributed by atoms with van der Waals surface area (Å²) in [6.45, 7) is 1.78. The van der Waals surface area contributed by atoms with Crippen molar-refractivity contribution in [1.29, 1.82) is 0 Å². The van der Waals surface area contributed by atoms with E-state index in [1.807, 2.05) is 12.1 Å². The first-order chi connectivity index (χ1) is 8.65. The standard InChI is InChI=1S/C13H10ClFN2O/c1-9(10-5-7-11(14)8-6-10)17-18-13-4-2-3-12(15)16-13/h2-8H,1H3/b17-9-. The normalized spacial score (nSPS) is 11.4. The lowest BCUT2D eigenvalue weighted by Gasteiger charge is -2.01. The lowest BCUT2D eigenvalue weighted by molar-refractivity contribution is 0.321. The summed E-state index contributed by atoms with van der Waals surface area (Å²) in [6, 6.07) is 11.4. The molecule has 0 bridgehead atoms. The second kappa shape index (κ2) is 5.60. The molecule has 0 fully saturated rings. The summed E-state index contributed by atoms with van der Waals surface area (Å²) in [5.74, 6) is -0.491. The topological polar surface area (TPSA) is 34.5 Å². The molecule has 0 unspecified atom stereocenters. The van der Waals surface area contributed by atoms with E-state index in [0.29, 0.717) is 10.7 Å². The summed E-state index contributed by atoms with van der Waals surface area (Å²) in [6.07, 6.45) is 0. The Kier molecular flexibility index (Phi) is 3.89. The van der Waals surface area contributed by atoms with E-state index in [-0.39, 0.29) is 5.88 Å². The van der Waals surface area contributed by atoms with Crippen molar-refractivity contribution in [3.8, 4) is 5.88 Å². The van der Waals surface area contributed by atoms with Crippen LogP contribution in [0.25, 0.3) is 0 Å². The van der Waals surface area contributed by atoms with Gasteiger partial charge in [0.25, 0.3) is 5.88 Å². The van der Waals surface area contributed by atoms with Gasteiger partial charge < -0.3 is 4.84 Å². The molecule has 1 aromatic heterocycles. The van der Waals surface area contributed by atoms with Crippen LogP contribution in [0.1, 0.15) is 12.5 Å². The monoisotopic (exact) mass is 264 g/mol. The van der Waals surface area contributed by atoms with E-state index in [0.717, 1.165) is 5.56 Å². The minimum atomic E-state index is -0.605. The van der Waals surface area contributed by atoms with Crippen molar-refractivity contribution >= 4 is 17.3 Å². The second-order valence-electron chi connectivity index (χ2n) is 3.57. The smallest absolute Gasteiger partial charge is 0.251 e. The van der Waals surface area contributed by atoms with E-state index < -0.39 is 5.95 Å². The zero-order valence-electron chi connectivity index (χ0n) is 9.60. The van der Waals surface area contributed by atoms with Crippen molar-refractivity contribution in [3.63, 3.8) is 0 Å². The molecule has 0 aliphatic carbocycles. The number of hydrogen-bond donors (Lipinski definition) is 0. The number of aromatic nitrogens is 1. The summed E-state index contributed by atoms with van der Waals surface area (Å²) < 4.78 is 12.8. The molecule has 92 valence electrons. The second-order valence-corrected chi connectivity index (χ2v) is 4.01. The highest BCUT2D eigenvalue weighted by molar-refractivity contribution is 6.30. The van der Waals surface area contributed by atoms with Gasteiger partial charge in [-0.25, -0.2) is 0 Å². The molecule has 2 aromatic rings. The molecule has 0 saturated carbocycles. The first-order valence-corrected chi connectivity index (χ1v) is 5.63. The highest BCUT2D eigenvalue weighted by Crippen LogP contribution is 2.11. The van der Waals surface area contributed by atoms with Gasteiger partial charge in [0.1, 0.15) is 0 Å². The quantitative estimate of drug-likeness (QED) is 0.481. The van der Waals surface area contributed by atoms with Crippen LogP contribution in [0, 0.1) is 5.95 Å². The third kappa shape index (κ3) is 3.28. The van der Waals surface area contributed by atoms with E-state index in [2.05, 4.69) is 10.1 Å². The zero-order chi connectivity index (χ0) is 13.0. The van der Waals surface area contributed by atoms with Gasteiger partial charge in [0.2, 0.25) is 5.95 Å². The van der Waals surface area contributed by atoms with Crippen LogP contribution >= 0.6 is 11.6 Å². The average Bonchev–Trinajstić information content (AvgIpc) is 2.37. The summed E-state index contributed by atoms with van der Waals surface area (Å²) in [5, 5.41) is 4.53. The maximum absolute atomic E-state index is 12.8. The summed E-state index contributed by atoms with van der Waals surface area (Å²) in [5.41, 5.74) is 1.52. The minimum absolute atomic E-state index is 0.114. The molecule has 3 nitrogen and oxygen atoms in total. The Balaban J connectivity index is 2.11. The Labute approximate surface area is 109 Å². The molecule has 0 radical (unpaired) electrons. The Morgan fingerprint density at radius 1 is 1.22 bits per heavy atom. The van der Waals surface area contributed by atoms with Crippen molar-refractivity contribution in [2.75, 3.05) is 0 Å². The van der Waals surface area contributed by atoms with Gasteiger partial charge in [-0.1, -0.05) is 35.0 Å². The van der Waals surface area contributed by atoms with E-state index >= 15 is 0 Å². The highest BCUT2D eigenvalue weighted by atomic mass is 35.5. The summed E-state index contributed by atoms with van der Waals surface area (Å²) in [7, 11) is 0. The van der Waals surface area contributed by atoms with E-state index in [1.54, 1.807) is 19.1 Å². The average molecular weight is 265 g/mol. The van der Waals surface area contributed by atoms with Crippen molar-refractivity contribution in [1.82, 2.24) is 4.98 Å². The van der Waals surface area contributed by atoms with Gasteiger partial charge in [-0.05, 0) is 30.7 Å². The third-order valence-corrected chi connectivity index (χ3v) is 2.48. The number of pyridine rings is 1. The SMILES string of the molecule is C/C(=N/Oc1cccc(F)n1)c1ccc(Cl)cc1. The predicted molar refractivity (Wildman–Crippen MR) is 68.5 cm³/mol. The molecule has 0 saturated heterocycles. The summed E-state index contributed by atoms with van der Waals surface area (Å²) in [4.78, 5) is 8.57. The highest BCUT2D eigenvalue weighted by Gasteiger charge is 2.00. The molecule has 0 N–H and O–H groups in total. The molecule has 2 rings (SSSR count). The number of oxime groups is 1. The van der Waals surface area contributed by atoms with Crippen molar-refractivity contribution in [3.05, 3.63) is 59.0 Å². The molecule has 0 aliphatic rings. The minimum Gasteiger partial charge on any atom is -0.336 e. The molecular weight excluding hydrogens is 255 g/mol. The van der Waals surface area contributed by atoms with Crippen LogP contribution in [-0.2, 0) is 0 Å². The van der Waals surface area contributed by atoms with E-state index in [9.17, 15) is 4.39 Å². The fourth-order valence-electron chi connectivity index (χ4n) is 1.30. The van der Waals surface area contributed by atoms with Gasteiger partial charge in [0.05, 0.1) is 5.71 Å². The number of nitrogens with zero attached hydrogens (tertiary/aromatic N) is 2. The van der Waals surface area contributed by atoms with Crippen LogP contribution in [0.15, 0.2) is 47.6 Å². The summed E-state index contributed by atoms with van der Waals surface area (Å²) >= 11 is 5.78. The number of halogens is 2. The maximum Gasteiger partial charge on any atom is 0.251 e. The lowest BCUT2D eigenvalue weighted by Crippen LogP contribution is -1.98. The fraction of sp³-hybridized carbons (Fsp3) is 0.0769. The van der Waals surface area contributed by atoms with Crippen molar-refractivity contribution in [2.24, 2.45) is 5.16 Å². The van der Waals surface area contributed by atoms with Crippen LogP contribution in [0.2, 0.25) is 5.02 Å². The molecule has 5 heteroatoms. The zero-order valence-corrected chi connectivity index (χ0v) is 10.4. The molecule has 0 aliphatic heterocycles. The van der Waals surface area contributed by atoms with Gasteiger partial charge in [0.15, 0.2) is 0 Å². The van der Waals surface area contributed by atoms with Gasteiger partial charge in [0, 0.05) is 11.1 Å². The fourth-order valence-corrected chi connectivity index (χ4v) is 1.43. The van der Waals surface area contributed by atoms with E-state index in [1.165, 1.54) is 18.2 Å². The van der Waals surface area contributed by atoms with Gasteiger partial charge in [-0.3, -0.25) is 0 Å². The van der Waals surface area contributed by atoms with Gasteiger partial charge in [-0.2, -0.15) is 9.37 Å². The number of rotatable bonds is 3. The van der Waals surface area contributed by atoms with Crippen LogP contribution in [0.4, 0.5) is 4.39 Å². The molecular formula is C13H10ClFN2O. The number of hydrogen-bond acceptors (Lipinski definition) is 3. The molecule has 0 spiro atoms. The lowest BCUT2D eigenvalue weighted by atomic mass is 10.1. The Morgan fingerprint density at radius 2 is 1.94 bits per heavy atom. The molecule has 0 atom stereocenters. The van der Waals surface area contributed by atoms with Crippen LogP contribution < -0.4 is 4.84 Å². The van der Waals surface area contributed by atoms with Crippen LogP contribution in [0.5, 0.6) is 5.88 Å². The van der Waals surface area contributed by atoms with Crippen molar-refractivity contribution in [2.45, 2.75) is 6.92 Å². The first-order valence-electron chi connectivity index (χ1n) is 5.25. The number of benzene rings is 1. The van der Waals surface area contributed by atoms with Crippen LogP contribution in [-0.4, -0.2) is 10.7 Å². The molecule has 1 heterocycles. The van der Waals surface area contributed by atoms with E-state index in [4.69, 9.17) is 16.4 Å². The van der Waals surface area contributed by atoms with Crippen molar-refractivity contribution < 1.29 is 9.23 Å². The van der Waals surface area contributed by atoms with Gasteiger partial charge in [-0.15, -0.1) is 0 Å². The Hall–Kier alpha value is -1.94. The van der Waals surface area contributed by atoms with Crippen LogP contribution in [0.3, 0.4) is 0 Å². The Morgan fingerprint density at radius 3 is 2.61 bits per heavy atom. The first kappa shape index (κ1) is 12.5. The largest absolute Gasteiger partial charge is 0.336 e. The molecule has 18 heavy (non-hydrogen) atoms. The Bertz CT molecular complexity index is 569. The predicted octanol–water partition coefficient (Wildman–Crippen LogP) is 3.68. The maximum atomic E-state index is 12.8. The molecule has 1 aromatic carbocycles. The third-order valence-electron chi connectivity index (χ3n) is 2.23. The molecule has 0 amide bonds. The van der Waals surface area contributed by atoms with Gasteiger partial charge >= 0.3 is 0 Å².